The molecule has 0 bridgehead atoms. The Morgan fingerprint density at radius 2 is 1.71 bits per heavy atom. The van der Waals surface area contributed by atoms with Crippen LogP contribution in [-0.4, -0.2) is 27.1 Å². The smallest absolute Gasteiger partial charge is 0.324 e. The van der Waals surface area contributed by atoms with E-state index in [0.717, 1.165) is 40.2 Å². The van der Waals surface area contributed by atoms with Crippen LogP contribution in [0.2, 0.25) is 0 Å². The first-order chi connectivity index (χ1) is 15.9. The molecule has 3 aromatic rings. The van der Waals surface area contributed by atoms with Gasteiger partial charge in [0.15, 0.2) is 0 Å². The number of benzene rings is 3. The number of sulfonamides is 1. The molecule has 0 aliphatic heterocycles. The highest BCUT2D eigenvalue weighted by molar-refractivity contribution is 7.98. The van der Waals surface area contributed by atoms with Crippen molar-refractivity contribution in [3.05, 3.63) is 89.5 Å². The fraction of sp³-hybridized carbons (Fsp3) is 0.208. The van der Waals surface area contributed by atoms with E-state index in [9.17, 15) is 26.4 Å². The van der Waals surface area contributed by atoms with E-state index >= 15 is 0 Å². The lowest BCUT2D eigenvalue weighted by molar-refractivity contribution is -0.137. The third kappa shape index (κ3) is 7.01. The molecule has 0 aromatic heterocycles. The molecule has 5 nitrogen and oxygen atoms in total. The van der Waals surface area contributed by atoms with Crippen LogP contribution in [0.3, 0.4) is 0 Å². The summed E-state index contributed by atoms with van der Waals surface area (Å²) in [6.45, 7) is 1.15. The zero-order chi connectivity index (χ0) is 24.9. The number of carbonyl (C=O) groups excluding carboxylic acids is 1. The summed E-state index contributed by atoms with van der Waals surface area (Å²) in [4.78, 5) is 13.8. The largest absolute Gasteiger partial charge is 0.416 e. The summed E-state index contributed by atoms with van der Waals surface area (Å²) < 4.78 is 64.3. The zero-order valence-electron chi connectivity index (χ0n) is 18.5. The van der Waals surface area contributed by atoms with Gasteiger partial charge in [-0.15, -0.1) is 11.8 Å². The maximum Gasteiger partial charge on any atom is 0.416 e. The minimum atomic E-state index is -4.64. The van der Waals surface area contributed by atoms with Gasteiger partial charge in [0.1, 0.15) is 6.54 Å². The molecule has 0 heterocycles. The van der Waals surface area contributed by atoms with Gasteiger partial charge in [0, 0.05) is 16.3 Å². The van der Waals surface area contributed by atoms with Crippen molar-refractivity contribution in [3.8, 4) is 0 Å². The predicted molar refractivity (Wildman–Crippen MR) is 129 cm³/mol. The second kappa shape index (κ2) is 10.5. The van der Waals surface area contributed by atoms with Crippen molar-refractivity contribution in [2.75, 3.05) is 22.4 Å². The molecule has 0 unspecified atom stereocenters. The molecule has 1 amide bonds. The highest BCUT2D eigenvalue weighted by Gasteiger charge is 2.32. The van der Waals surface area contributed by atoms with Crippen molar-refractivity contribution in [2.24, 2.45) is 0 Å². The van der Waals surface area contributed by atoms with E-state index in [2.05, 4.69) is 5.32 Å². The lowest BCUT2D eigenvalue weighted by Gasteiger charge is -2.23. The first kappa shape index (κ1) is 25.6. The molecule has 0 aliphatic carbocycles. The summed E-state index contributed by atoms with van der Waals surface area (Å²) in [5, 5.41) is 2.65. The van der Waals surface area contributed by atoms with Crippen LogP contribution in [0.4, 0.5) is 24.5 Å². The van der Waals surface area contributed by atoms with Gasteiger partial charge in [-0.3, -0.25) is 9.10 Å². The Balaban J connectivity index is 1.71. The number of anilines is 2. The van der Waals surface area contributed by atoms with Crippen LogP contribution in [0.15, 0.2) is 77.7 Å². The molecule has 3 rings (SSSR count). The third-order valence-electron chi connectivity index (χ3n) is 4.86. The number of carbonyl (C=O) groups is 1. The van der Waals surface area contributed by atoms with Gasteiger partial charge in [-0.1, -0.05) is 36.4 Å². The Morgan fingerprint density at radius 3 is 2.32 bits per heavy atom. The SMILES string of the molecule is Cc1cc(CSc2ccccc2)ccc1NC(=O)CN(c1cccc(C(F)(F)F)c1)S(C)(=O)=O. The van der Waals surface area contributed by atoms with E-state index in [1.54, 1.807) is 17.8 Å². The molecular weight excluding hydrogens is 485 g/mol. The Hall–Kier alpha value is -2.98. The highest BCUT2D eigenvalue weighted by Crippen LogP contribution is 2.32. The monoisotopic (exact) mass is 508 g/mol. The first-order valence-corrected chi connectivity index (χ1v) is 13.0. The van der Waals surface area contributed by atoms with Gasteiger partial charge < -0.3 is 5.32 Å². The fourth-order valence-electron chi connectivity index (χ4n) is 3.20. The van der Waals surface area contributed by atoms with Crippen LogP contribution in [0, 0.1) is 6.92 Å². The van der Waals surface area contributed by atoms with Crippen molar-refractivity contribution in [1.82, 2.24) is 0 Å². The maximum atomic E-state index is 13.1. The Bertz CT molecular complexity index is 1260. The summed E-state index contributed by atoms with van der Waals surface area (Å²) in [5.41, 5.74) is 1.09. The Labute approximate surface area is 201 Å². The molecule has 34 heavy (non-hydrogen) atoms. The van der Waals surface area contributed by atoms with E-state index in [1.165, 1.54) is 6.07 Å². The molecule has 0 saturated heterocycles. The van der Waals surface area contributed by atoms with Crippen LogP contribution in [0.1, 0.15) is 16.7 Å². The van der Waals surface area contributed by atoms with Gasteiger partial charge in [0.05, 0.1) is 17.5 Å². The van der Waals surface area contributed by atoms with Crippen molar-refractivity contribution in [2.45, 2.75) is 23.7 Å². The topological polar surface area (TPSA) is 66.5 Å². The van der Waals surface area contributed by atoms with Gasteiger partial charge in [-0.05, 0) is 54.4 Å². The second-order valence-electron chi connectivity index (χ2n) is 7.62. The predicted octanol–water partition coefficient (Wildman–Crippen LogP) is 5.71. The van der Waals surface area contributed by atoms with Crippen molar-refractivity contribution >= 4 is 39.1 Å². The number of alkyl halides is 3. The fourth-order valence-corrected chi connectivity index (χ4v) is 4.91. The average Bonchev–Trinajstić information content (AvgIpc) is 2.77. The average molecular weight is 509 g/mol. The molecule has 0 aliphatic rings. The molecule has 0 saturated carbocycles. The molecule has 10 heteroatoms. The summed E-state index contributed by atoms with van der Waals surface area (Å²) in [5.74, 6) is 0.0635. The number of aryl methyl sites for hydroxylation is 1. The van der Waals surface area contributed by atoms with Crippen molar-refractivity contribution in [3.63, 3.8) is 0 Å². The summed E-state index contributed by atoms with van der Waals surface area (Å²) in [6, 6.07) is 19.3. The van der Waals surface area contributed by atoms with Crippen LogP contribution >= 0.6 is 11.8 Å². The molecule has 1 N–H and O–H groups in total. The maximum absolute atomic E-state index is 13.1. The number of halogens is 3. The summed E-state index contributed by atoms with van der Waals surface area (Å²) in [7, 11) is -4.02. The minimum absolute atomic E-state index is 0.238. The Kier molecular flexibility index (Phi) is 7.93. The van der Waals surface area contributed by atoms with Gasteiger partial charge in [0.25, 0.3) is 0 Å². The van der Waals surface area contributed by atoms with Gasteiger partial charge in [0.2, 0.25) is 15.9 Å². The summed E-state index contributed by atoms with van der Waals surface area (Å²) in [6.07, 6.45) is -3.80. The lowest BCUT2D eigenvalue weighted by atomic mass is 10.1. The van der Waals surface area contributed by atoms with E-state index in [1.807, 2.05) is 49.4 Å². The molecule has 3 aromatic carbocycles. The van der Waals surface area contributed by atoms with E-state index in [4.69, 9.17) is 0 Å². The van der Waals surface area contributed by atoms with Crippen LogP contribution in [0.25, 0.3) is 0 Å². The molecule has 0 spiro atoms. The van der Waals surface area contributed by atoms with Gasteiger partial charge in [-0.2, -0.15) is 13.2 Å². The first-order valence-electron chi connectivity index (χ1n) is 10.2. The molecule has 0 atom stereocenters. The number of nitrogens with one attached hydrogen (secondary N) is 1. The highest BCUT2D eigenvalue weighted by atomic mass is 32.2. The van der Waals surface area contributed by atoms with Crippen molar-refractivity contribution in [1.29, 1.82) is 0 Å². The molecule has 0 fully saturated rings. The molecular formula is C24H23F3N2O3S2. The number of rotatable bonds is 8. The number of hydrogen-bond acceptors (Lipinski definition) is 4. The number of amides is 1. The molecule has 180 valence electrons. The standard InChI is InChI=1S/C24H23F3N2O3S2/c1-17-13-18(16-33-21-9-4-3-5-10-21)11-12-22(17)28-23(30)15-29(34(2,31)32)20-8-6-7-19(14-20)24(25,26)27/h3-14H,15-16H2,1-2H3,(H,28,30). The van der Waals surface area contributed by atoms with E-state index in [0.29, 0.717) is 16.1 Å². The van der Waals surface area contributed by atoms with Crippen molar-refractivity contribution < 1.29 is 26.4 Å². The number of hydrogen-bond donors (Lipinski definition) is 1. The van der Waals surface area contributed by atoms with Crippen LogP contribution in [0.5, 0.6) is 0 Å². The van der Waals surface area contributed by atoms with Crippen LogP contribution in [-0.2, 0) is 26.7 Å². The van der Waals surface area contributed by atoms with E-state index < -0.39 is 34.2 Å². The zero-order valence-corrected chi connectivity index (χ0v) is 20.1. The normalized spacial score (nSPS) is 11.8. The lowest BCUT2D eigenvalue weighted by Crippen LogP contribution is -2.37. The van der Waals surface area contributed by atoms with E-state index in [-0.39, 0.29) is 5.69 Å². The molecule has 0 radical (unpaired) electrons. The quantitative estimate of drug-likeness (QED) is 0.396. The van der Waals surface area contributed by atoms with Gasteiger partial charge in [-0.25, -0.2) is 8.42 Å². The number of nitrogens with zero attached hydrogens (tertiary/aromatic N) is 1. The Morgan fingerprint density at radius 1 is 1.00 bits per heavy atom. The minimum Gasteiger partial charge on any atom is -0.324 e. The third-order valence-corrected chi connectivity index (χ3v) is 7.09. The van der Waals surface area contributed by atoms with Crippen LogP contribution < -0.4 is 9.62 Å². The second-order valence-corrected chi connectivity index (χ2v) is 10.6. The van der Waals surface area contributed by atoms with Gasteiger partial charge >= 0.3 is 6.18 Å². The summed E-state index contributed by atoms with van der Waals surface area (Å²) >= 11 is 1.67. The number of thioether (sulfide) groups is 1.